The normalized spacial score (nSPS) is 16.0. The quantitative estimate of drug-likeness (QED) is 0.381. The zero-order valence-corrected chi connectivity index (χ0v) is 17.5. The average molecular weight is 437 g/mol. The van der Waals surface area contributed by atoms with Crippen LogP contribution < -0.4 is 15.0 Å². The van der Waals surface area contributed by atoms with Gasteiger partial charge in [0.15, 0.2) is 4.34 Å². The van der Waals surface area contributed by atoms with E-state index in [1.807, 2.05) is 0 Å². The summed E-state index contributed by atoms with van der Waals surface area (Å²) in [4.78, 5) is 37.9. The highest BCUT2D eigenvalue weighted by molar-refractivity contribution is 8.01. The van der Waals surface area contributed by atoms with Crippen molar-refractivity contribution in [2.24, 2.45) is 5.92 Å². The lowest BCUT2D eigenvalue weighted by atomic mass is 10.1. The molecule has 3 rings (SSSR count). The smallest absolute Gasteiger partial charge is 0.316 e. The first-order chi connectivity index (χ1) is 14.0. The van der Waals surface area contributed by atoms with Gasteiger partial charge in [0.05, 0.1) is 25.4 Å². The summed E-state index contributed by atoms with van der Waals surface area (Å²) in [6.45, 7) is 2.36. The second-order valence-electron chi connectivity index (χ2n) is 6.06. The first kappa shape index (κ1) is 21.1. The Balaban J connectivity index is 1.54. The molecule has 11 heteroatoms. The van der Waals surface area contributed by atoms with Crippen LogP contribution in [0.25, 0.3) is 0 Å². The fourth-order valence-corrected chi connectivity index (χ4v) is 4.30. The third-order valence-electron chi connectivity index (χ3n) is 4.14. The Hall–Kier alpha value is -2.66. The second-order valence-corrected chi connectivity index (χ2v) is 8.26. The Morgan fingerprint density at radius 3 is 2.76 bits per heavy atom. The van der Waals surface area contributed by atoms with E-state index in [2.05, 4.69) is 15.5 Å². The number of aromatic nitrogens is 2. The molecule has 1 atom stereocenters. The van der Waals surface area contributed by atoms with E-state index in [9.17, 15) is 14.4 Å². The van der Waals surface area contributed by atoms with Crippen LogP contribution in [0.2, 0.25) is 0 Å². The molecule has 0 saturated carbocycles. The van der Waals surface area contributed by atoms with Crippen molar-refractivity contribution in [2.75, 3.05) is 36.2 Å². The number of carbonyl (C=O) groups is 3. The lowest BCUT2D eigenvalue weighted by Gasteiger charge is -2.16. The van der Waals surface area contributed by atoms with Crippen molar-refractivity contribution < 1.29 is 23.9 Å². The first-order valence-electron chi connectivity index (χ1n) is 8.87. The van der Waals surface area contributed by atoms with Crippen LogP contribution in [-0.4, -0.2) is 54.0 Å². The largest absolute Gasteiger partial charge is 0.497 e. The molecule has 1 saturated heterocycles. The Labute approximate surface area is 175 Å². The van der Waals surface area contributed by atoms with Crippen LogP contribution in [0.5, 0.6) is 5.75 Å². The maximum Gasteiger partial charge on any atom is 0.316 e. The van der Waals surface area contributed by atoms with Crippen LogP contribution in [0, 0.1) is 5.92 Å². The fraction of sp³-hybridized carbons (Fsp3) is 0.389. The number of hydrogen-bond acceptors (Lipinski definition) is 9. The molecule has 2 heterocycles. The summed E-state index contributed by atoms with van der Waals surface area (Å²) in [5.41, 5.74) is 0.722. The molecule has 9 nitrogen and oxygen atoms in total. The predicted octanol–water partition coefficient (Wildman–Crippen LogP) is 2.19. The zero-order valence-electron chi connectivity index (χ0n) is 15.9. The van der Waals surface area contributed by atoms with Crippen LogP contribution >= 0.6 is 23.1 Å². The summed E-state index contributed by atoms with van der Waals surface area (Å²) in [5.74, 6) is -0.386. The number of methoxy groups -OCH3 is 1. The van der Waals surface area contributed by atoms with Crippen molar-refractivity contribution >= 4 is 51.7 Å². The van der Waals surface area contributed by atoms with Gasteiger partial charge < -0.3 is 19.7 Å². The van der Waals surface area contributed by atoms with Crippen molar-refractivity contribution in [3.8, 4) is 5.75 Å². The summed E-state index contributed by atoms with van der Waals surface area (Å²) >= 11 is 2.37. The average Bonchev–Trinajstić information content (AvgIpc) is 3.33. The van der Waals surface area contributed by atoms with Crippen LogP contribution in [0.15, 0.2) is 28.6 Å². The van der Waals surface area contributed by atoms with Crippen molar-refractivity contribution in [3.63, 3.8) is 0 Å². The monoisotopic (exact) mass is 436 g/mol. The van der Waals surface area contributed by atoms with E-state index in [4.69, 9.17) is 9.47 Å². The van der Waals surface area contributed by atoms with E-state index in [-0.39, 0.29) is 30.0 Å². The molecular weight excluding hydrogens is 416 g/mol. The Morgan fingerprint density at radius 1 is 1.31 bits per heavy atom. The van der Waals surface area contributed by atoms with Gasteiger partial charge in [-0.25, -0.2) is 0 Å². The van der Waals surface area contributed by atoms with Gasteiger partial charge in [-0.1, -0.05) is 23.1 Å². The van der Waals surface area contributed by atoms with Gasteiger partial charge in [0.1, 0.15) is 5.75 Å². The van der Waals surface area contributed by atoms with Crippen LogP contribution in [-0.2, 0) is 19.1 Å². The molecule has 1 unspecified atom stereocenters. The van der Waals surface area contributed by atoms with E-state index in [0.717, 1.165) is 5.69 Å². The Morgan fingerprint density at radius 2 is 2.07 bits per heavy atom. The van der Waals surface area contributed by atoms with Gasteiger partial charge in [-0.15, -0.1) is 10.2 Å². The number of nitrogens with one attached hydrogen (secondary N) is 1. The van der Waals surface area contributed by atoms with E-state index >= 15 is 0 Å². The first-order valence-corrected chi connectivity index (χ1v) is 10.7. The Kier molecular flexibility index (Phi) is 7.04. The number of nitrogens with zero attached hydrogens (tertiary/aromatic N) is 3. The molecule has 0 radical (unpaired) electrons. The molecule has 1 aliphatic rings. The summed E-state index contributed by atoms with van der Waals surface area (Å²) in [6, 6.07) is 7.11. The van der Waals surface area contributed by atoms with Crippen molar-refractivity contribution in [2.45, 2.75) is 17.7 Å². The second kappa shape index (κ2) is 9.70. The number of thioether (sulfide) groups is 1. The molecule has 0 spiro atoms. The molecule has 1 aliphatic heterocycles. The number of rotatable bonds is 8. The maximum absolute atomic E-state index is 12.5. The zero-order chi connectivity index (χ0) is 20.8. The van der Waals surface area contributed by atoms with E-state index in [1.165, 1.54) is 23.1 Å². The lowest BCUT2D eigenvalue weighted by Crippen LogP contribution is -2.28. The molecule has 29 heavy (non-hydrogen) atoms. The molecule has 1 aromatic carbocycles. The summed E-state index contributed by atoms with van der Waals surface area (Å²) in [7, 11) is 1.57. The van der Waals surface area contributed by atoms with Crippen molar-refractivity contribution in [1.29, 1.82) is 0 Å². The summed E-state index contributed by atoms with van der Waals surface area (Å²) < 4.78 is 10.5. The predicted molar refractivity (Wildman–Crippen MR) is 109 cm³/mol. The molecule has 1 aromatic heterocycles. The minimum Gasteiger partial charge on any atom is -0.497 e. The minimum absolute atomic E-state index is 0.113. The van der Waals surface area contributed by atoms with Crippen molar-refractivity contribution in [1.82, 2.24) is 10.2 Å². The minimum atomic E-state index is -0.482. The SMILES string of the molecule is CCOC(=O)CSc1nnc(NC(=O)C2CC(=O)N(c3ccc(OC)cc3)C2)s1. The maximum atomic E-state index is 12.5. The fourth-order valence-electron chi connectivity index (χ4n) is 2.74. The standard InChI is InChI=1S/C18H20N4O5S2/c1-3-27-15(24)10-28-18-21-20-17(29-18)19-16(25)11-8-14(23)22(9-11)12-4-6-13(26-2)7-5-12/h4-7,11H,3,8-10H2,1-2H3,(H,19,20,25). The van der Waals surface area contributed by atoms with Gasteiger partial charge in [-0.05, 0) is 31.2 Å². The lowest BCUT2D eigenvalue weighted by molar-refractivity contribution is -0.139. The van der Waals surface area contributed by atoms with Crippen LogP contribution in [0.4, 0.5) is 10.8 Å². The number of hydrogen-bond donors (Lipinski definition) is 1. The number of esters is 1. The number of ether oxygens (including phenoxy) is 2. The molecule has 0 bridgehead atoms. The third kappa shape index (κ3) is 5.45. The molecule has 154 valence electrons. The van der Waals surface area contributed by atoms with Gasteiger partial charge >= 0.3 is 5.97 Å². The topological polar surface area (TPSA) is 111 Å². The van der Waals surface area contributed by atoms with Crippen molar-refractivity contribution in [3.05, 3.63) is 24.3 Å². The highest BCUT2D eigenvalue weighted by atomic mass is 32.2. The number of benzene rings is 1. The summed E-state index contributed by atoms with van der Waals surface area (Å²) in [5, 5.41) is 10.9. The number of amides is 2. The van der Waals surface area contributed by atoms with Crippen LogP contribution in [0.3, 0.4) is 0 Å². The number of anilines is 2. The molecule has 1 N–H and O–H groups in total. The molecular formula is C18H20N4O5S2. The Bertz CT molecular complexity index is 887. The van der Waals surface area contributed by atoms with E-state index < -0.39 is 5.92 Å². The highest BCUT2D eigenvalue weighted by Gasteiger charge is 2.35. The molecule has 2 aromatic rings. The van der Waals surface area contributed by atoms with Gasteiger partial charge in [0.2, 0.25) is 16.9 Å². The third-order valence-corrected chi connectivity index (χ3v) is 6.08. The highest BCUT2D eigenvalue weighted by Crippen LogP contribution is 2.29. The van der Waals surface area contributed by atoms with Gasteiger partial charge in [-0.3, -0.25) is 14.4 Å². The molecule has 1 fully saturated rings. The number of carbonyl (C=O) groups excluding carboxylic acids is 3. The van der Waals surface area contributed by atoms with Gasteiger partial charge in [-0.2, -0.15) is 0 Å². The van der Waals surface area contributed by atoms with Gasteiger partial charge in [0, 0.05) is 18.7 Å². The van der Waals surface area contributed by atoms with Crippen LogP contribution in [0.1, 0.15) is 13.3 Å². The van der Waals surface area contributed by atoms with Gasteiger partial charge in [0.25, 0.3) is 0 Å². The molecule has 0 aliphatic carbocycles. The molecule has 2 amide bonds. The summed E-state index contributed by atoms with van der Waals surface area (Å²) in [6.07, 6.45) is 0.126. The van der Waals surface area contributed by atoms with E-state index in [0.29, 0.717) is 28.4 Å². The van der Waals surface area contributed by atoms with E-state index in [1.54, 1.807) is 43.2 Å².